The van der Waals surface area contributed by atoms with Gasteiger partial charge in [-0.1, -0.05) is 24.3 Å². The van der Waals surface area contributed by atoms with Crippen molar-refractivity contribution in [3.8, 4) is 0 Å². The van der Waals surface area contributed by atoms with Gasteiger partial charge in [0.2, 0.25) is 0 Å². The number of hydrogen-bond donors (Lipinski definition) is 0. The van der Waals surface area contributed by atoms with Gasteiger partial charge in [0.15, 0.2) is 0 Å². The quantitative estimate of drug-likeness (QED) is 0.588. The van der Waals surface area contributed by atoms with Crippen molar-refractivity contribution >= 4 is 6.21 Å². The molecule has 0 N–H and O–H groups in total. The Hall–Kier alpha value is -1.11. The van der Waals surface area contributed by atoms with Gasteiger partial charge in [-0.25, -0.2) is 0 Å². The molecule has 12 heavy (non-hydrogen) atoms. The maximum Gasteiger partial charge on any atom is 0.0281 e. The van der Waals surface area contributed by atoms with Gasteiger partial charge in [-0.2, -0.15) is 0 Å². The second-order valence-electron chi connectivity index (χ2n) is 3.33. The molecule has 1 aliphatic rings. The van der Waals surface area contributed by atoms with Crippen LogP contribution in [0.1, 0.15) is 29.9 Å². The highest BCUT2D eigenvalue weighted by atomic mass is 14.6. The third-order valence-corrected chi connectivity index (χ3v) is 2.26. The van der Waals surface area contributed by atoms with E-state index in [1.54, 1.807) is 7.05 Å². The molecule has 0 atom stereocenters. The molecular formula is C11H13N. The summed E-state index contributed by atoms with van der Waals surface area (Å²) in [5.41, 5.74) is 2.69. The van der Waals surface area contributed by atoms with Crippen LogP contribution in [0.25, 0.3) is 0 Å². The standard InChI is InChI=1S/C11H13N/c1-12-8-9-2-4-10(5-3-9)11-6-7-11/h2-5,8,11H,6-7H2,1H3. The van der Waals surface area contributed by atoms with E-state index in [1.807, 2.05) is 6.21 Å². The van der Waals surface area contributed by atoms with E-state index in [2.05, 4.69) is 29.3 Å². The molecule has 1 nitrogen and oxygen atoms in total. The summed E-state index contributed by atoms with van der Waals surface area (Å²) in [5, 5.41) is 0. The molecule has 1 aromatic carbocycles. The van der Waals surface area contributed by atoms with Crippen LogP contribution in [0, 0.1) is 0 Å². The molecule has 1 heteroatoms. The van der Waals surface area contributed by atoms with Gasteiger partial charge in [0.25, 0.3) is 0 Å². The zero-order valence-corrected chi connectivity index (χ0v) is 7.33. The van der Waals surface area contributed by atoms with E-state index >= 15 is 0 Å². The van der Waals surface area contributed by atoms with Gasteiger partial charge >= 0.3 is 0 Å². The molecule has 0 aromatic heterocycles. The Morgan fingerprint density at radius 1 is 1.25 bits per heavy atom. The molecule has 0 heterocycles. The number of aliphatic imine (C=N–C) groups is 1. The van der Waals surface area contributed by atoms with Gasteiger partial charge in [-0.15, -0.1) is 0 Å². The first-order valence-corrected chi connectivity index (χ1v) is 4.42. The maximum atomic E-state index is 3.97. The molecule has 0 spiro atoms. The molecule has 62 valence electrons. The van der Waals surface area contributed by atoms with Crippen molar-refractivity contribution in [2.24, 2.45) is 4.99 Å². The van der Waals surface area contributed by atoms with Gasteiger partial charge in [-0.3, -0.25) is 4.99 Å². The maximum absolute atomic E-state index is 3.97. The SMILES string of the molecule is CN=Cc1ccc(C2CC2)cc1. The summed E-state index contributed by atoms with van der Waals surface area (Å²) in [7, 11) is 1.80. The average Bonchev–Trinajstić information content (AvgIpc) is 2.89. The lowest BCUT2D eigenvalue weighted by atomic mass is 10.1. The van der Waals surface area contributed by atoms with Crippen LogP contribution in [0.4, 0.5) is 0 Å². The van der Waals surface area contributed by atoms with Crippen molar-refractivity contribution in [3.63, 3.8) is 0 Å². The minimum absolute atomic E-state index is 0.859. The molecule has 0 amide bonds. The highest BCUT2D eigenvalue weighted by molar-refractivity contribution is 5.79. The molecule has 0 bridgehead atoms. The Morgan fingerprint density at radius 3 is 2.42 bits per heavy atom. The third kappa shape index (κ3) is 1.55. The molecule has 0 saturated heterocycles. The van der Waals surface area contributed by atoms with Gasteiger partial charge in [0.1, 0.15) is 0 Å². The van der Waals surface area contributed by atoms with Crippen LogP contribution >= 0.6 is 0 Å². The topological polar surface area (TPSA) is 12.4 Å². The molecule has 1 aliphatic carbocycles. The largest absolute Gasteiger partial charge is 0.296 e. The van der Waals surface area contributed by atoms with Gasteiger partial charge in [-0.05, 0) is 29.9 Å². The van der Waals surface area contributed by atoms with E-state index in [1.165, 1.54) is 24.0 Å². The fourth-order valence-electron chi connectivity index (χ4n) is 1.42. The van der Waals surface area contributed by atoms with E-state index in [9.17, 15) is 0 Å². The van der Waals surface area contributed by atoms with Crippen LogP contribution in [0.5, 0.6) is 0 Å². The molecular weight excluding hydrogens is 146 g/mol. The van der Waals surface area contributed by atoms with E-state index in [-0.39, 0.29) is 0 Å². The highest BCUT2D eigenvalue weighted by Gasteiger charge is 2.22. The Bertz CT molecular complexity index is 280. The van der Waals surface area contributed by atoms with E-state index < -0.39 is 0 Å². The van der Waals surface area contributed by atoms with Crippen LogP contribution in [-0.2, 0) is 0 Å². The number of hydrogen-bond acceptors (Lipinski definition) is 1. The van der Waals surface area contributed by atoms with Crippen LogP contribution < -0.4 is 0 Å². The first-order chi connectivity index (χ1) is 5.90. The normalized spacial score (nSPS) is 17.1. The van der Waals surface area contributed by atoms with E-state index in [0.717, 1.165) is 5.92 Å². The minimum atomic E-state index is 0.859. The minimum Gasteiger partial charge on any atom is -0.296 e. The monoisotopic (exact) mass is 159 g/mol. The Morgan fingerprint density at radius 2 is 1.92 bits per heavy atom. The lowest BCUT2D eigenvalue weighted by molar-refractivity contribution is 1.13. The van der Waals surface area contributed by atoms with E-state index in [4.69, 9.17) is 0 Å². The summed E-state index contributed by atoms with van der Waals surface area (Å²) in [5.74, 6) is 0.859. The van der Waals surface area contributed by atoms with Crippen LogP contribution in [-0.4, -0.2) is 13.3 Å². The summed E-state index contributed by atoms with van der Waals surface area (Å²) in [6.07, 6.45) is 4.64. The smallest absolute Gasteiger partial charge is 0.0281 e. The van der Waals surface area contributed by atoms with Crippen LogP contribution in [0.2, 0.25) is 0 Å². The van der Waals surface area contributed by atoms with E-state index in [0.29, 0.717) is 0 Å². The van der Waals surface area contributed by atoms with Gasteiger partial charge in [0, 0.05) is 13.3 Å². The molecule has 1 fully saturated rings. The summed E-state index contributed by atoms with van der Waals surface area (Å²) in [4.78, 5) is 3.97. The number of rotatable bonds is 2. The zero-order valence-electron chi connectivity index (χ0n) is 7.33. The molecule has 0 radical (unpaired) electrons. The first-order valence-electron chi connectivity index (χ1n) is 4.42. The summed E-state index contributed by atoms with van der Waals surface area (Å²) >= 11 is 0. The predicted octanol–water partition coefficient (Wildman–Crippen LogP) is 2.61. The lowest BCUT2D eigenvalue weighted by Gasteiger charge is -1.97. The van der Waals surface area contributed by atoms with Crippen LogP contribution in [0.3, 0.4) is 0 Å². The number of nitrogens with zero attached hydrogens (tertiary/aromatic N) is 1. The summed E-state index contributed by atoms with van der Waals surface area (Å²) < 4.78 is 0. The fourth-order valence-corrected chi connectivity index (χ4v) is 1.42. The average molecular weight is 159 g/mol. The second-order valence-corrected chi connectivity index (χ2v) is 3.33. The second kappa shape index (κ2) is 3.10. The van der Waals surface area contributed by atoms with Crippen molar-refractivity contribution < 1.29 is 0 Å². The molecule has 2 rings (SSSR count). The van der Waals surface area contributed by atoms with Crippen molar-refractivity contribution in [2.45, 2.75) is 18.8 Å². The molecule has 0 unspecified atom stereocenters. The first kappa shape index (κ1) is 7.53. The Labute approximate surface area is 73.1 Å². The molecule has 0 aliphatic heterocycles. The Kier molecular flexibility index (Phi) is 1.94. The Balaban J connectivity index is 2.18. The van der Waals surface area contributed by atoms with Gasteiger partial charge in [0.05, 0.1) is 0 Å². The van der Waals surface area contributed by atoms with Gasteiger partial charge < -0.3 is 0 Å². The number of benzene rings is 1. The summed E-state index contributed by atoms with van der Waals surface area (Å²) in [6.45, 7) is 0. The lowest BCUT2D eigenvalue weighted by Crippen LogP contribution is -1.82. The third-order valence-electron chi connectivity index (χ3n) is 2.26. The fraction of sp³-hybridized carbons (Fsp3) is 0.364. The van der Waals surface area contributed by atoms with Crippen molar-refractivity contribution in [1.29, 1.82) is 0 Å². The molecule has 1 aromatic rings. The van der Waals surface area contributed by atoms with Crippen LogP contribution in [0.15, 0.2) is 29.3 Å². The highest BCUT2D eigenvalue weighted by Crippen LogP contribution is 2.39. The van der Waals surface area contributed by atoms with Crippen molar-refractivity contribution in [3.05, 3.63) is 35.4 Å². The predicted molar refractivity (Wildman–Crippen MR) is 51.9 cm³/mol. The van der Waals surface area contributed by atoms with Crippen molar-refractivity contribution in [1.82, 2.24) is 0 Å². The summed E-state index contributed by atoms with van der Waals surface area (Å²) in [6, 6.07) is 8.71. The van der Waals surface area contributed by atoms with Crippen molar-refractivity contribution in [2.75, 3.05) is 7.05 Å². The molecule has 1 saturated carbocycles. The zero-order chi connectivity index (χ0) is 8.39.